The van der Waals surface area contributed by atoms with Gasteiger partial charge in [0.2, 0.25) is 0 Å². The van der Waals surface area contributed by atoms with E-state index in [0.717, 1.165) is 23.0 Å². The fourth-order valence-electron chi connectivity index (χ4n) is 2.82. The molecular weight excluding hydrogens is 274 g/mol. The molecular formula is C19H19NO2. The van der Waals surface area contributed by atoms with Crippen molar-refractivity contribution in [1.82, 2.24) is 4.57 Å². The molecule has 0 N–H and O–H groups in total. The highest BCUT2D eigenvalue weighted by Gasteiger charge is 2.16. The predicted molar refractivity (Wildman–Crippen MR) is 87.7 cm³/mol. The van der Waals surface area contributed by atoms with Gasteiger partial charge < -0.3 is 9.30 Å². The van der Waals surface area contributed by atoms with Gasteiger partial charge in [0.05, 0.1) is 0 Å². The monoisotopic (exact) mass is 293 g/mol. The number of carbonyl (C=O) groups is 1. The Bertz CT molecular complexity index is 790. The molecule has 2 aromatic carbocycles. The fourth-order valence-corrected chi connectivity index (χ4v) is 2.82. The first kappa shape index (κ1) is 14.4. The molecule has 0 fully saturated rings. The van der Waals surface area contributed by atoms with Crippen LogP contribution in [-0.2, 0) is 16.1 Å². The number of aromatic nitrogens is 1. The molecule has 0 aliphatic carbocycles. The number of nitrogens with zero attached hydrogens (tertiary/aromatic N) is 1. The van der Waals surface area contributed by atoms with Crippen LogP contribution in [0.3, 0.4) is 0 Å². The second-order valence-corrected chi connectivity index (χ2v) is 5.47. The van der Waals surface area contributed by atoms with Crippen molar-refractivity contribution in [2.24, 2.45) is 0 Å². The molecule has 1 heterocycles. The van der Waals surface area contributed by atoms with E-state index >= 15 is 0 Å². The Kier molecular flexibility index (Phi) is 3.96. The van der Waals surface area contributed by atoms with Crippen LogP contribution < -0.4 is 0 Å². The van der Waals surface area contributed by atoms with Gasteiger partial charge in [0.1, 0.15) is 6.10 Å². The zero-order valence-electron chi connectivity index (χ0n) is 12.8. The molecule has 1 aromatic heterocycles. The Morgan fingerprint density at radius 1 is 1.09 bits per heavy atom. The second kappa shape index (κ2) is 6.06. The summed E-state index contributed by atoms with van der Waals surface area (Å²) in [6.45, 7) is 4.16. The number of hydrogen-bond acceptors (Lipinski definition) is 2. The third-order valence-corrected chi connectivity index (χ3v) is 3.80. The highest BCUT2D eigenvalue weighted by molar-refractivity contribution is 5.84. The van der Waals surface area contributed by atoms with Crippen molar-refractivity contribution < 1.29 is 9.53 Å². The fraction of sp³-hybridized carbons (Fsp3) is 0.211. The Labute approximate surface area is 130 Å². The SMILES string of the molecule is CC(=O)OC(C)c1cn(Cc2ccccc2)c2ccccc12. The van der Waals surface area contributed by atoms with Crippen LogP contribution in [0.15, 0.2) is 60.8 Å². The standard InChI is InChI=1S/C19H19NO2/c1-14(22-15(2)21)18-13-20(12-16-8-4-3-5-9-16)19-11-7-6-10-17(18)19/h3-11,13-14H,12H2,1-2H3. The normalized spacial score (nSPS) is 12.3. The molecule has 0 aliphatic heterocycles. The van der Waals surface area contributed by atoms with E-state index < -0.39 is 0 Å². The summed E-state index contributed by atoms with van der Waals surface area (Å²) in [6, 6.07) is 18.6. The van der Waals surface area contributed by atoms with Crippen molar-refractivity contribution in [3.8, 4) is 0 Å². The van der Waals surface area contributed by atoms with Crippen molar-refractivity contribution in [3.05, 3.63) is 71.9 Å². The highest BCUT2D eigenvalue weighted by atomic mass is 16.5. The topological polar surface area (TPSA) is 31.2 Å². The molecule has 3 aromatic rings. The summed E-state index contributed by atoms with van der Waals surface area (Å²) in [4.78, 5) is 11.2. The molecule has 0 aliphatic rings. The maximum Gasteiger partial charge on any atom is 0.303 e. The molecule has 3 heteroatoms. The minimum Gasteiger partial charge on any atom is -0.458 e. The Morgan fingerprint density at radius 3 is 2.50 bits per heavy atom. The summed E-state index contributed by atoms with van der Waals surface area (Å²) in [7, 11) is 0. The summed E-state index contributed by atoms with van der Waals surface area (Å²) in [5.74, 6) is -0.257. The molecule has 0 saturated heterocycles. The highest BCUT2D eigenvalue weighted by Crippen LogP contribution is 2.29. The van der Waals surface area contributed by atoms with Crippen LogP contribution in [0.5, 0.6) is 0 Å². The Hall–Kier alpha value is -2.55. The minimum atomic E-state index is -0.257. The number of ether oxygens (including phenoxy) is 1. The molecule has 1 unspecified atom stereocenters. The van der Waals surface area contributed by atoms with Gasteiger partial charge in [0, 0.05) is 36.1 Å². The summed E-state index contributed by atoms with van der Waals surface area (Å²) in [6.07, 6.45) is 1.84. The van der Waals surface area contributed by atoms with Gasteiger partial charge in [-0.1, -0.05) is 48.5 Å². The van der Waals surface area contributed by atoms with E-state index in [0.29, 0.717) is 0 Å². The van der Waals surface area contributed by atoms with Gasteiger partial charge in [0.25, 0.3) is 0 Å². The van der Waals surface area contributed by atoms with Crippen molar-refractivity contribution >= 4 is 16.9 Å². The predicted octanol–water partition coefficient (Wildman–Crippen LogP) is 4.31. The van der Waals surface area contributed by atoms with E-state index in [1.165, 1.54) is 12.5 Å². The van der Waals surface area contributed by atoms with Crippen molar-refractivity contribution in [2.75, 3.05) is 0 Å². The van der Waals surface area contributed by atoms with Crippen LogP contribution in [0.25, 0.3) is 10.9 Å². The van der Waals surface area contributed by atoms with E-state index in [1.54, 1.807) is 0 Å². The molecule has 0 saturated carbocycles. The third-order valence-electron chi connectivity index (χ3n) is 3.80. The number of benzene rings is 2. The molecule has 0 bridgehead atoms. The summed E-state index contributed by atoms with van der Waals surface area (Å²) >= 11 is 0. The van der Waals surface area contributed by atoms with Gasteiger partial charge in [0.15, 0.2) is 0 Å². The lowest BCUT2D eigenvalue weighted by Gasteiger charge is -2.10. The van der Waals surface area contributed by atoms with E-state index in [4.69, 9.17) is 4.74 Å². The van der Waals surface area contributed by atoms with E-state index in [2.05, 4.69) is 35.0 Å². The summed E-state index contributed by atoms with van der Waals surface area (Å²) in [5, 5.41) is 1.13. The van der Waals surface area contributed by atoms with Crippen molar-refractivity contribution in [1.29, 1.82) is 0 Å². The van der Waals surface area contributed by atoms with Gasteiger partial charge in [-0.2, -0.15) is 0 Å². The molecule has 3 nitrogen and oxygen atoms in total. The van der Waals surface area contributed by atoms with Crippen molar-refractivity contribution in [3.63, 3.8) is 0 Å². The molecule has 22 heavy (non-hydrogen) atoms. The molecule has 3 rings (SSSR count). The lowest BCUT2D eigenvalue weighted by molar-refractivity contribution is -0.145. The van der Waals surface area contributed by atoms with E-state index in [9.17, 15) is 4.79 Å². The van der Waals surface area contributed by atoms with Gasteiger partial charge >= 0.3 is 5.97 Å². The van der Waals surface area contributed by atoms with Gasteiger partial charge in [-0.15, -0.1) is 0 Å². The number of rotatable bonds is 4. The first-order valence-corrected chi connectivity index (χ1v) is 7.44. The molecule has 0 amide bonds. The minimum absolute atomic E-state index is 0.251. The van der Waals surface area contributed by atoms with Gasteiger partial charge in [-0.25, -0.2) is 0 Å². The average Bonchev–Trinajstić information content (AvgIpc) is 2.87. The summed E-state index contributed by atoms with van der Waals surface area (Å²) in [5.41, 5.74) is 3.44. The number of carbonyl (C=O) groups excluding carboxylic acids is 1. The Balaban J connectivity index is 2.02. The van der Waals surface area contributed by atoms with E-state index in [1.807, 2.05) is 37.3 Å². The quantitative estimate of drug-likeness (QED) is 0.671. The van der Waals surface area contributed by atoms with Crippen LogP contribution in [0.1, 0.15) is 31.1 Å². The Morgan fingerprint density at radius 2 is 1.77 bits per heavy atom. The largest absolute Gasteiger partial charge is 0.458 e. The van der Waals surface area contributed by atoms with Crippen molar-refractivity contribution in [2.45, 2.75) is 26.5 Å². The molecule has 1 atom stereocenters. The first-order chi connectivity index (χ1) is 10.6. The van der Waals surface area contributed by atoms with Crippen LogP contribution in [0.2, 0.25) is 0 Å². The average molecular weight is 293 g/mol. The number of esters is 1. The van der Waals surface area contributed by atoms with Gasteiger partial charge in [-0.3, -0.25) is 4.79 Å². The molecule has 112 valence electrons. The maximum absolute atomic E-state index is 11.2. The lowest BCUT2D eigenvalue weighted by Crippen LogP contribution is -2.04. The van der Waals surface area contributed by atoms with Crippen LogP contribution >= 0.6 is 0 Å². The lowest BCUT2D eigenvalue weighted by atomic mass is 10.1. The summed E-state index contributed by atoms with van der Waals surface area (Å²) < 4.78 is 7.56. The van der Waals surface area contributed by atoms with Crippen LogP contribution in [-0.4, -0.2) is 10.5 Å². The van der Waals surface area contributed by atoms with Crippen LogP contribution in [0.4, 0.5) is 0 Å². The number of hydrogen-bond donors (Lipinski definition) is 0. The third kappa shape index (κ3) is 2.89. The maximum atomic E-state index is 11.2. The molecule has 0 radical (unpaired) electrons. The zero-order chi connectivity index (χ0) is 15.5. The second-order valence-electron chi connectivity index (χ2n) is 5.47. The first-order valence-electron chi connectivity index (χ1n) is 7.44. The van der Waals surface area contributed by atoms with E-state index in [-0.39, 0.29) is 12.1 Å². The molecule has 0 spiro atoms. The zero-order valence-corrected chi connectivity index (χ0v) is 12.8. The number of para-hydroxylation sites is 1. The van der Waals surface area contributed by atoms with Gasteiger partial charge in [-0.05, 0) is 18.6 Å². The number of fused-ring (bicyclic) bond motifs is 1. The smallest absolute Gasteiger partial charge is 0.303 e. The van der Waals surface area contributed by atoms with Crippen LogP contribution in [0, 0.1) is 0 Å².